The fraction of sp³-hybridized carbons (Fsp3) is 0.900. The van der Waals surface area contributed by atoms with Crippen LogP contribution in [0.15, 0.2) is 0 Å². The standard InChI is InChI=1S/C10H18F3NO3/c1-2-9(6-14,8(15)16)4-3-5-17-7-10(11,12)13/h2-7,14H2,1H3,(H,15,16). The lowest BCUT2D eigenvalue weighted by molar-refractivity contribution is -0.174. The molecule has 0 aliphatic carbocycles. The van der Waals surface area contributed by atoms with Crippen LogP contribution < -0.4 is 5.73 Å². The molecule has 0 aromatic heterocycles. The number of rotatable bonds is 8. The maximum Gasteiger partial charge on any atom is 0.411 e. The molecule has 0 saturated carbocycles. The molecule has 0 aromatic rings. The molecule has 0 fully saturated rings. The Morgan fingerprint density at radius 1 is 1.41 bits per heavy atom. The molecular formula is C10H18F3NO3. The molecule has 0 aliphatic heterocycles. The van der Waals surface area contributed by atoms with Crippen molar-refractivity contribution >= 4 is 5.97 Å². The number of halogens is 3. The molecule has 0 rings (SSSR count). The number of aliphatic carboxylic acids is 1. The molecule has 0 aromatic carbocycles. The molecular weight excluding hydrogens is 239 g/mol. The molecule has 0 heterocycles. The first-order valence-electron chi connectivity index (χ1n) is 5.35. The van der Waals surface area contributed by atoms with Crippen molar-refractivity contribution < 1.29 is 27.8 Å². The van der Waals surface area contributed by atoms with E-state index in [4.69, 9.17) is 10.8 Å². The highest BCUT2D eigenvalue weighted by Crippen LogP contribution is 2.27. The quantitative estimate of drug-likeness (QED) is 0.650. The monoisotopic (exact) mass is 257 g/mol. The van der Waals surface area contributed by atoms with Gasteiger partial charge in [-0.25, -0.2) is 0 Å². The zero-order chi connectivity index (χ0) is 13.5. The topological polar surface area (TPSA) is 72.5 Å². The van der Waals surface area contributed by atoms with Crippen LogP contribution in [-0.2, 0) is 9.53 Å². The van der Waals surface area contributed by atoms with E-state index in [-0.39, 0.29) is 26.0 Å². The third-order valence-electron chi connectivity index (χ3n) is 2.73. The number of nitrogens with two attached hydrogens (primary N) is 1. The van der Waals surface area contributed by atoms with Gasteiger partial charge in [-0.3, -0.25) is 4.79 Å². The minimum absolute atomic E-state index is 0.0297. The van der Waals surface area contributed by atoms with Gasteiger partial charge in [-0.05, 0) is 19.3 Å². The highest BCUT2D eigenvalue weighted by atomic mass is 19.4. The third-order valence-corrected chi connectivity index (χ3v) is 2.73. The van der Waals surface area contributed by atoms with E-state index in [1.54, 1.807) is 6.92 Å². The van der Waals surface area contributed by atoms with E-state index in [1.807, 2.05) is 0 Å². The number of carboxylic acids is 1. The average Bonchev–Trinajstić information content (AvgIpc) is 2.22. The van der Waals surface area contributed by atoms with Crippen LogP contribution in [0.2, 0.25) is 0 Å². The first-order valence-corrected chi connectivity index (χ1v) is 5.35. The number of hydrogen-bond acceptors (Lipinski definition) is 3. The van der Waals surface area contributed by atoms with Gasteiger partial charge in [0.1, 0.15) is 6.61 Å². The SMILES string of the molecule is CCC(CN)(CCCOCC(F)(F)F)C(=O)O. The Kier molecular flexibility index (Phi) is 6.48. The number of hydrogen-bond donors (Lipinski definition) is 2. The number of ether oxygens (including phenoxy) is 1. The maximum atomic E-state index is 11.7. The van der Waals surface area contributed by atoms with E-state index < -0.39 is 24.2 Å². The molecule has 102 valence electrons. The Morgan fingerprint density at radius 2 is 2.00 bits per heavy atom. The molecule has 7 heteroatoms. The molecule has 0 aliphatic rings. The summed E-state index contributed by atoms with van der Waals surface area (Å²) in [7, 11) is 0. The van der Waals surface area contributed by atoms with Gasteiger partial charge in [0, 0.05) is 13.2 Å². The van der Waals surface area contributed by atoms with E-state index in [0.29, 0.717) is 6.42 Å². The Bertz CT molecular complexity index is 239. The minimum Gasteiger partial charge on any atom is -0.481 e. The van der Waals surface area contributed by atoms with Gasteiger partial charge in [0.2, 0.25) is 0 Å². The van der Waals surface area contributed by atoms with Crippen LogP contribution in [-0.4, -0.2) is 37.0 Å². The van der Waals surface area contributed by atoms with Crippen LogP contribution in [0.25, 0.3) is 0 Å². The molecule has 3 N–H and O–H groups in total. The lowest BCUT2D eigenvalue weighted by atomic mass is 9.81. The number of carboxylic acid groups (broad SMARTS) is 1. The van der Waals surface area contributed by atoms with E-state index >= 15 is 0 Å². The average molecular weight is 257 g/mol. The van der Waals surface area contributed by atoms with E-state index in [9.17, 15) is 18.0 Å². The van der Waals surface area contributed by atoms with Gasteiger partial charge < -0.3 is 15.6 Å². The maximum absolute atomic E-state index is 11.7. The van der Waals surface area contributed by atoms with Gasteiger partial charge in [0.05, 0.1) is 5.41 Å². The summed E-state index contributed by atoms with van der Waals surface area (Å²) in [5, 5.41) is 9.01. The summed E-state index contributed by atoms with van der Waals surface area (Å²) in [5.74, 6) is -1.02. The van der Waals surface area contributed by atoms with Crippen LogP contribution in [0.4, 0.5) is 13.2 Å². The molecule has 0 radical (unpaired) electrons. The van der Waals surface area contributed by atoms with Crippen LogP contribution in [0.1, 0.15) is 26.2 Å². The summed E-state index contributed by atoms with van der Waals surface area (Å²) in [6.45, 7) is 0.242. The van der Waals surface area contributed by atoms with Crippen molar-refractivity contribution in [3.05, 3.63) is 0 Å². The fourth-order valence-corrected chi connectivity index (χ4v) is 1.47. The molecule has 1 atom stereocenters. The van der Waals surface area contributed by atoms with Gasteiger partial charge in [-0.2, -0.15) is 13.2 Å². The molecule has 4 nitrogen and oxygen atoms in total. The predicted octanol–water partition coefficient (Wildman–Crippen LogP) is 1.79. The highest BCUT2D eigenvalue weighted by molar-refractivity contribution is 5.74. The van der Waals surface area contributed by atoms with Crippen molar-refractivity contribution in [3.8, 4) is 0 Å². The van der Waals surface area contributed by atoms with Gasteiger partial charge in [-0.15, -0.1) is 0 Å². The second kappa shape index (κ2) is 6.80. The summed E-state index contributed by atoms with van der Waals surface area (Å²) in [6.07, 6.45) is -3.54. The van der Waals surface area contributed by atoms with Crippen molar-refractivity contribution in [1.82, 2.24) is 0 Å². The van der Waals surface area contributed by atoms with Crippen LogP contribution >= 0.6 is 0 Å². The third kappa shape index (κ3) is 5.88. The van der Waals surface area contributed by atoms with Crippen LogP contribution in [0.3, 0.4) is 0 Å². The van der Waals surface area contributed by atoms with Crippen molar-refractivity contribution in [3.63, 3.8) is 0 Å². The summed E-state index contributed by atoms with van der Waals surface area (Å²) in [6, 6.07) is 0. The van der Waals surface area contributed by atoms with Crippen molar-refractivity contribution in [1.29, 1.82) is 0 Å². The molecule has 0 saturated heterocycles. The molecule has 17 heavy (non-hydrogen) atoms. The van der Waals surface area contributed by atoms with Crippen LogP contribution in [0, 0.1) is 5.41 Å². The Labute approximate surface area is 97.9 Å². The Hall–Kier alpha value is -0.820. The highest BCUT2D eigenvalue weighted by Gasteiger charge is 2.34. The van der Waals surface area contributed by atoms with E-state index in [1.165, 1.54) is 0 Å². The summed E-state index contributed by atoms with van der Waals surface area (Å²) in [5.41, 5.74) is 4.35. The van der Waals surface area contributed by atoms with Crippen molar-refractivity contribution in [2.75, 3.05) is 19.8 Å². The van der Waals surface area contributed by atoms with Gasteiger partial charge >= 0.3 is 12.1 Å². The molecule has 0 amide bonds. The fourth-order valence-electron chi connectivity index (χ4n) is 1.47. The molecule has 0 bridgehead atoms. The molecule has 1 unspecified atom stereocenters. The van der Waals surface area contributed by atoms with Gasteiger partial charge in [-0.1, -0.05) is 6.92 Å². The Balaban J connectivity index is 3.96. The summed E-state index contributed by atoms with van der Waals surface area (Å²) >= 11 is 0. The summed E-state index contributed by atoms with van der Waals surface area (Å²) in [4.78, 5) is 11.0. The normalized spacial score (nSPS) is 15.6. The van der Waals surface area contributed by atoms with E-state index in [0.717, 1.165) is 0 Å². The van der Waals surface area contributed by atoms with Crippen LogP contribution in [0.5, 0.6) is 0 Å². The predicted molar refractivity (Wildman–Crippen MR) is 55.5 cm³/mol. The second-order valence-electron chi connectivity index (χ2n) is 3.91. The smallest absolute Gasteiger partial charge is 0.411 e. The number of alkyl halides is 3. The lowest BCUT2D eigenvalue weighted by Gasteiger charge is -2.26. The van der Waals surface area contributed by atoms with Gasteiger partial charge in [0.15, 0.2) is 0 Å². The van der Waals surface area contributed by atoms with Crippen molar-refractivity contribution in [2.24, 2.45) is 11.1 Å². The zero-order valence-corrected chi connectivity index (χ0v) is 9.72. The lowest BCUT2D eigenvalue weighted by Crippen LogP contribution is -2.38. The first-order chi connectivity index (χ1) is 7.77. The second-order valence-corrected chi connectivity index (χ2v) is 3.91. The Morgan fingerprint density at radius 3 is 2.35 bits per heavy atom. The summed E-state index contributed by atoms with van der Waals surface area (Å²) < 4.78 is 39.6. The minimum atomic E-state index is -4.34. The van der Waals surface area contributed by atoms with Gasteiger partial charge in [0.25, 0.3) is 0 Å². The zero-order valence-electron chi connectivity index (χ0n) is 9.72. The van der Waals surface area contributed by atoms with Crippen molar-refractivity contribution in [2.45, 2.75) is 32.4 Å². The number of carbonyl (C=O) groups is 1. The largest absolute Gasteiger partial charge is 0.481 e. The van der Waals surface area contributed by atoms with E-state index in [2.05, 4.69) is 4.74 Å². The molecule has 0 spiro atoms. The first kappa shape index (κ1) is 16.2.